The molecule has 1 radical (unpaired) electrons. The van der Waals surface area contributed by atoms with E-state index in [1.54, 1.807) is 0 Å². The molecule has 0 heterocycles. The molecule has 0 amide bonds. The van der Waals surface area contributed by atoms with Crippen LogP contribution < -0.4 is 18.8 Å². The van der Waals surface area contributed by atoms with Gasteiger partial charge in [-0.1, -0.05) is 0 Å². The molecular formula is CoF4Ni. The third-order valence-electron chi connectivity index (χ3n) is 0. The van der Waals surface area contributed by atoms with E-state index in [0.29, 0.717) is 0 Å². The second kappa shape index (κ2) is 246. The molecule has 0 saturated carbocycles. The normalized spacial score (nSPS) is 0. The summed E-state index contributed by atoms with van der Waals surface area (Å²) in [5, 5.41) is 0. The van der Waals surface area contributed by atoms with Crippen LogP contribution in [0.3, 0.4) is 0 Å². The van der Waals surface area contributed by atoms with Crippen molar-refractivity contribution in [2.45, 2.75) is 0 Å². The van der Waals surface area contributed by atoms with Crippen LogP contribution in [0.2, 0.25) is 0 Å². The molecule has 0 unspecified atom stereocenters. The number of halogens is 4. The molecule has 0 N–H and O–H groups in total. The van der Waals surface area contributed by atoms with Gasteiger partial charge in [0.05, 0.1) is 0 Å². The third kappa shape index (κ3) is 126. The molecule has 0 aliphatic rings. The van der Waals surface area contributed by atoms with Crippen LogP contribution in [-0.2, 0) is 33.3 Å². The van der Waals surface area contributed by atoms with Crippen molar-refractivity contribution in [1.29, 1.82) is 0 Å². The molecule has 0 aromatic heterocycles. The van der Waals surface area contributed by atoms with E-state index in [-0.39, 0.29) is 52.1 Å². The molecule has 6 heteroatoms. The van der Waals surface area contributed by atoms with Crippen LogP contribution in [-0.4, -0.2) is 0 Å². The Morgan fingerprint density at radius 2 is 0.500 bits per heavy atom. The van der Waals surface area contributed by atoms with E-state index in [1.165, 1.54) is 0 Å². The van der Waals surface area contributed by atoms with Crippen molar-refractivity contribution in [3.63, 3.8) is 0 Å². The zero-order valence-electron chi connectivity index (χ0n) is 2.16. The largest absolute Gasteiger partial charge is 2.00 e. The predicted octanol–water partition coefficient (Wildman–Crippen LogP) is -12.0. The molecule has 0 nitrogen and oxygen atoms in total. The fraction of sp³-hybridized carbons (Fsp3) is 0. The summed E-state index contributed by atoms with van der Waals surface area (Å²) >= 11 is 0. The van der Waals surface area contributed by atoms with Crippen molar-refractivity contribution >= 4 is 0 Å². The van der Waals surface area contributed by atoms with Gasteiger partial charge in [-0.2, -0.15) is 0 Å². The molecular weight excluding hydrogens is 194 g/mol. The summed E-state index contributed by atoms with van der Waals surface area (Å²) < 4.78 is 0. The van der Waals surface area contributed by atoms with Gasteiger partial charge in [-0.3, -0.25) is 0 Å². The van der Waals surface area contributed by atoms with Gasteiger partial charge >= 0.3 is 33.3 Å². The van der Waals surface area contributed by atoms with Gasteiger partial charge in [-0.15, -0.1) is 0 Å². The van der Waals surface area contributed by atoms with E-state index in [9.17, 15) is 0 Å². The predicted molar refractivity (Wildman–Crippen MR) is 0 cm³/mol. The summed E-state index contributed by atoms with van der Waals surface area (Å²) in [4.78, 5) is 0. The number of hydrogen-bond acceptors (Lipinski definition) is 0. The Labute approximate surface area is 52.6 Å². The van der Waals surface area contributed by atoms with Gasteiger partial charge < -0.3 is 18.8 Å². The summed E-state index contributed by atoms with van der Waals surface area (Å²) in [6.45, 7) is 0. The molecule has 0 aliphatic heterocycles. The van der Waals surface area contributed by atoms with Gasteiger partial charge in [0.2, 0.25) is 0 Å². The van der Waals surface area contributed by atoms with Gasteiger partial charge in [-0.05, 0) is 0 Å². The average Bonchev–Trinajstić information content (AvgIpc) is 0. The first-order valence-electron chi connectivity index (χ1n) is 0. The summed E-state index contributed by atoms with van der Waals surface area (Å²) in [5.74, 6) is 0. The Balaban J connectivity index is 0. The van der Waals surface area contributed by atoms with E-state index in [4.69, 9.17) is 0 Å². The maximum Gasteiger partial charge on any atom is 2.00 e. The van der Waals surface area contributed by atoms with Crippen molar-refractivity contribution in [2.75, 3.05) is 0 Å². The maximum atomic E-state index is 0. The summed E-state index contributed by atoms with van der Waals surface area (Å²) in [5.41, 5.74) is 0. The maximum absolute atomic E-state index is 0. The molecule has 0 rings (SSSR count). The van der Waals surface area contributed by atoms with Gasteiger partial charge in [0, 0.05) is 0 Å². The molecule has 0 aromatic rings. The molecule has 0 saturated heterocycles. The standard InChI is InChI=1S/Co.4FH.Ni/h;4*1H;/q+2;;;;;+2/p-4. The molecule has 0 atom stereocenters. The van der Waals surface area contributed by atoms with Gasteiger partial charge in [-0.25, -0.2) is 0 Å². The molecule has 6 heavy (non-hydrogen) atoms. The SMILES string of the molecule is [Co+2].[F-].[F-].[F-].[F-].[Ni+2]. The van der Waals surface area contributed by atoms with Crippen LogP contribution in [0.1, 0.15) is 0 Å². The molecule has 0 aliphatic carbocycles. The minimum Gasteiger partial charge on any atom is -1.00 e. The Morgan fingerprint density at radius 1 is 0.500 bits per heavy atom. The Morgan fingerprint density at radius 3 is 0.500 bits per heavy atom. The number of hydrogen-bond donors (Lipinski definition) is 0. The van der Waals surface area contributed by atoms with Crippen molar-refractivity contribution in [1.82, 2.24) is 0 Å². The summed E-state index contributed by atoms with van der Waals surface area (Å²) in [6, 6.07) is 0. The first kappa shape index (κ1) is 424. The monoisotopic (exact) mass is 193 g/mol. The third-order valence-corrected chi connectivity index (χ3v) is 0. The van der Waals surface area contributed by atoms with Crippen molar-refractivity contribution in [3.05, 3.63) is 0 Å². The smallest absolute Gasteiger partial charge is 1.00 e. The minimum absolute atomic E-state index is 0. The van der Waals surface area contributed by atoms with E-state index in [1.807, 2.05) is 0 Å². The van der Waals surface area contributed by atoms with Crippen molar-refractivity contribution < 1.29 is 52.1 Å². The molecule has 0 spiro atoms. The Bertz CT molecular complexity index is 7.51. The zero-order valence-corrected chi connectivity index (χ0v) is 4.19. The van der Waals surface area contributed by atoms with Crippen LogP contribution >= 0.6 is 0 Å². The first-order chi connectivity index (χ1) is 0. The zero-order chi connectivity index (χ0) is 0. The first-order valence-corrected chi connectivity index (χ1v) is 0. The molecule has 0 bridgehead atoms. The molecule has 47 valence electrons. The van der Waals surface area contributed by atoms with Gasteiger partial charge in [0.25, 0.3) is 0 Å². The molecule has 0 aromatic carbocycles. The van der Waals surface area contributed by atoms with E-state index in [0.717, 1.165) is 0 Å². The van der Waals surface area contributed by atoms with Gasteiger partial charge in [0.1, 0.15) is 0 Å². The average molecular weight is 194 g/mol. The van der Waals surface area contributed by atoms with Crippen LogP contribution in [0, 0.1) is 0 Å². The van der Waals surface area contributed by atoms with Crippen molar-refractivity contribution in [2.24, 2.45) is 0 Å². The van der Waals surface area contributed by atoms with Crippen LogP contribution in [0.25, 0.3) is 0 Å². The second-order valence-electron chi connectivity index (χ2n) is 0. The minimum atomic E-state index is 0. The van der Waals surface area contributed by atoms with Crippen LogP contribution in [0.4, 0.5) is 0 Å². The van der Waals surface area contributed by atoms with E-state index < -0.39 is 0 Å². The molecule has 0 fully saturated rings. The van der Waals surface area contributed by atoms with E-state index in [2.05, 4.69) is 0 Å². The fourth-order valence-corrected chi connectivity index (χ4v) is 0. The summed E-state index contributed by atoms with van der Waals surface area (Å²) in [7, 11) is 0. The topological polar surface area (TPSA) is 0 Å². The second-order valence-corrected chi connectivity index (χ2v) is 0. The van der Waals surface area contributed by atoms with Crippen LogP contribution in [0.5, 0.6) is 0 Å². The van der Waals surface area contributed by atoms with Crippen molar-refractivity contribution in [3.8, 4) is 0 Å². The summed E-state index contributed by atoms with van der Waals surface area (Å²) in [6.07, 6.45) is 0. The Kier molecular flexibility index (Phi) is 17400. The number of rotatable bonds is 0. The van der Waals surface area contributed by atoms with E-state index >= 15 is 0 Å². The van der Waals surface area contributed by atoms with Gasteiger partial charge in [0.15, 0.2) is 0 Å². The van der Waals surface area contributed by atoms with Crippen LogP contribution in [0.15, 0.2) is 0 Å². The fourth-order valence-electron chi connectivity index (χ4n) is 0. The Hall–Kier alpha value is 0.720. The quantitative estimate of drug-likeness (QED) is 0.265.